The zero-order valence-corrected chi connectivity index (χ0v) is 15.9. The van der Waals surface area contributed by atoms with E-state index in [0.29, 0.717) is 11.3 Å². The van der Waals surface area contributed by atoms with E-state index in [2.05, 4.69) is 10.6 Å². The molecule has 2 aliphatic heterocycles. The third kappa shape index (κ3) is 2.87. The van der Waals surface area contributed by atoms with Crippen molar-refractivity contribution in [3.63, 3.8) is 0 Å². The molecule has 9 nitrogen and oxygen atoms in total. The molecule has 6 atom stereocenters. The van der Waals surface area contributed by atoms with Gasteiger partial charge in [-0.15, -0.1) is 0 Å². The lowest BCUT2D eigenvalue weighted by Gasteiger charge is -2.50. The zero-order chi connectivity index (χ0) is 20.3. The van der Waals surface area contributed by atoms with E-state index >= 15 is 0 Å². The van der Waals surface area contributed by atoms with E-state index in [1.165, 1.54) is 6.42 Å². The van der Waals surface area contributed by atoms with Crippen LogP contribution in [0.4, 0.5) is 0 Å². The molecule has 158 valence electrons. The number of phenolic OH excluding ortho intramolecular Hbond substituents is 1. The van der Waals surface area contributed by atoms with Gasteiger partial charge in [-0.3, -0.25) is 4.79 Å². The van der Waals surface area contributed by atoms with Gasteiger partial charge in [0.05, 0.1) is 17.7 Å². The topological polar surface area (TPSA) is 141 Å². The fourth-order valence-electron chi connectivity index (χ4n) is 5.35. The van der Waals surface area contributed by atoms with Gasteiger partial charge in [-0.2, -0.15) is 0 Å². The molecular formula is C20H26N2O7. The van der Waals surface area contributed by atoms with Crippen LogP contribution >= 0.6 is 0 Å². The maximum Gasteiger partial charge on any atom is 0.255 e. The number of phenols is 1. The Morgan fingerprint density at radius 2 is 1.79 bits per heavy atom. The summed E-state index contributed by atoms with van der Waals surface area (Å²) in [5.41, 5.74) is 0.528. The van der Waals surface area contributed by atoms with Crippen molar-refractivity contribution in [2.75, 3.05) is 6.79 Å². The molecule has 0 unspecified atom stereocenters. The van der Waals surface area contributed by atoms with Crippen LogP contribution < -0.4 is 20.1 Å². The molecule has 6 N–H and O–H groups in total. The molecule has 1 aromatic carbocycles. The van der Waals surface area contributed by atoms with Crippen molar-refractivity contribution in [3.05, 3.63) is 17.2 Å². The second kappa shape index (κ2) is 7.02. The summed E-state index contributed by atoms with van der Waals surface area (Å²) in [6.07, 6.45) is 1.30. The predicted octanol–water partition coefficient (Wildman–Crippen LogP) is -0.296. The zero-order valence-electron chi connectivity index (χ0n) is 15.9. The minimum Gasteiger partial charge on any atom is -0.504 e. The molecule has 4 aliphatic rings. The van der Waals surface area contributed by atoms with E-state index < -0.39 is 42.2 Å². The SMILES string of the molecule is O=C1N[C@H]2[C@H](O)[C@H](O)[C@@H](O)[C@H](NC3CCCCC3)[C@@H]2c2cc3c(c(O)c21)OCO3. The third-order valence-electron chi connectivity index (χ3n) is 6.80. The Morgan fingerprint density at radius 3 is 2.55 bits per heavy atom. The number of carbonyl (C=O) groups excluding carboxylic acids is 1. The number of hydrogen-bond acceptors (Lipinski definition) is 8. The number of aliphatic hydroxyl groups excluding tert-OH is 3. The van der Waals surface area contributed by atoms with Gasteiger partial charge in [-0.1, -0.05) is 19.3 Å². The van der Waals surface area contributed by atoms with E-state index in [9.17, 15) is 25.2 Å². The average molecular weight is 406 g/mol. The molecule has 0 saturated heterocycles. The van der Waals surface area contributed by atoms with Crippen LogP contribution in [0.15, 0.2) is 6.07 Å². The van der Waals surface area contributed by atoms with E-state index in [4.69, 9.17) is 9.47 Å². The lowest BCUT2D eigenvalue weighted by molar-refractivity contribution is -0.120. The fraction of sp³-hybridized carbons (Fsp3) is 0.650. The van der Waals surface area contributed by atoms with E-state index in [-0.39, 0.29) is 29.9 Å². The summed E-state index contributed by atoms with van der Waals surface area (Å²) in [5, 5.41) is 48.7. The Kier molecular flexibility index (Phi) is 4.58. The van der Waals surface area contributed by atoms with Gasteiger partial charge in [-0.05, 0) is 24.5 Å². The van der Waals surface area contributed by atoms with Crippen molar-refractivity contribution in [3.8, 4) is 17.2 Å². The summed E-state index contributed by atoms with van der Waals surface area (Å²) in [6.45, 7) is -0.0603. The highest BCUT2D eigenvalue weighted by atomic mass is 16.7. The first-order chi connectivity index (χ1) is 14.0. The molecule has 0 spiro atoms. The second-order valence-electron chi connectivity index (χ2n) is 8.45. The number of nitrogens with one attached hydrogen (secondary N) is 2. The van der Waals surface area contributed by atoms with Crippen molar-refractivity contribution in [1.82, 2.24) is 10.6 Å². The van der Waals surface area contributed by atoms with Crippen LogP contribution in [0, 0.1) is 0 Å². The first-order valence-corrected chi connectivity index (χ1v) is 10.2. The van der Waals surface area contributed by atoms with Gasteiger partial charge in [0.15, 0.2) is 11.5 Å². The summed E-state index contributed by atoms with van der Waals surface area (Å²) in [4.78, 5) is 12.7. The van der Waals surface area contributed by atoms with Crippen molar-refractivity contribution in [2.24, 2.45) is 0 Å². The number of benzene rings is 1. The second-order valence-corrected chi connectivity index (χ2v) is 8.45. The lowest BCUT2D eigenvalue weighted by Crippen LogP contribution is -2.70. The molecule has 9 heteroatoms. The molecule has 29 heavy (non-hydrogen) atoms. The maximum atomic E-state index is 12.7. The minimum absolute atomic E-state index is 0.0572. The number of hydrogen-bond donors (Lipinski definition) is 6. The van der Waals surface area contributed by atoms with Gasteiger partial charge in [0.25, 0.3) is 5.91 Å². The van der Waals surface area contributed by atoms with Crippen LogP contribution in [0.3, 0.4) is 0 Å². The molecule has 0 aromatic heterocycles. The molecule has 0 bridgehead atoms. The van der Waals surface area contributed by atoms with Crippen LogP contribution in [0.25, 0.3) is 0 Å². The molecule has 2 heterocycles. The number of aliphatic hydroxyl groups is 3. The van der Waals surface area contributed by atoms with Crippen LogP contribution in [-0.2, 0) is 0 Å². The fourth-order valence-corrected chi connectivity index (χ4v) is 5.35. The van der Waals surface area contributed by atoms with Gasteiger partial charge >= 0.3 is 0 Å². The minimum atomic E-state index is -1.40. The third-order valence-corrected chi connectivity index (χ3v) is 6.80. The normalized spacial score (nSPS) is 36.3. The quantitative estimate of drug-likeness (QED) is 0.394. The summed E-state index contributed by atoms with van der Waals surface area (Å²) in [6, 6.07) is 0.394. The Morgan fingerprint density at radius 1 is 1.03 bits per heavy atom. The summed E-state index contributed by atoms with van der Waals surface area (Å²) in [5.74, 6) is -0.987. The molecule has 2 fully saturated rings. The van der Waals surface area contributed by atoms with Gasteiger partial charge in [0.1, 0.15) is 12.2 Å². The highest BCUT2D eigenvalue weighted by Gasteiger charge is 2.54. The molecule has 2 saturated carbocycles. The van der Waals surface area contributed by atoms with Crippen molar-refractivity contribution >= 4 is 5.91 Å². The molecule has 2 aliphatic carbocycles. The summed E-state index contributed by atoms with van der Waals surface area (Å²) >= 11 is 0. The number of fused-ring (bicyclic) bond motifs is 4. The average Bonchev–Trinajstić information content (AvgIpc) is 3.19. The predicted molar refractivity (Wildman–Crippen MR) is 100 cm³/mol. The molecule has 1 amide bonds. The maximum absolute atomic E-state index is 12.7. The highest BCUT2D eigenvalue weighted by Crippen LogP contribution is 2.50. The number of amides is 1. The Hall–Kier alpha value is -2.07. The largest absolute Gasteiger partial charge is 0.504 e. The first kappa shape index (κ1) is 18.9. The Labute approximate surface area is 167 Å². The number of carbonyl (C=O) groups is 1. The molecule has 1 aromatic rings. The van der Waals surface area contributed by atoms with Crippen molar-refractivity contribution < 1.29 is 34.7 Å². The lowest BCUT2D eigenvalue weighted by atomic mass is 9.68. The smallest absolute Gasteiger partial charge is 0.255 e. The van der Waals surface area contributed by atoms with Crippen molar-refractivity contribution in [2.45, 2.75) is 74.5 Å². The monoisotopic (exact) mass is 406 g/mol. The number of aromatic hydroxyl groups is 1. The molecule has 5 rings (SSSR count). The first-order valence-electron chi connectivity index (χ1n) is 10.2. The number of ether oxygens (including phenoxy) is 2. The number of rotatable bonds is 2. The Balaban J connectivity index is 1.60. The van der Waals surface area contributed by atoms with Gasteiger partial charge in [0.2, 0.25) is 12.5 Å². The van der Waals surface area contributed by atoms with Crippen LogP contribution in [-0.4, -0.2) is 69.6 Å². The van der Waals surface area contributed by atoms with Gasteiger partial charge < -0.3 is 40.5 Å². The van der Waals surface area contributed by atoms with Crippen LogP contribution in [0.5, 0.6) is 17.2 Å². The van der Waals surface area contributed by atoms with E-state index in [1.54, 1.807) is 6.07 Å². The standard InChI is InChI=1S/C20H26N2O7/c23-15-12-9(6-10-19(15)29-7-28-10)11-13(21-8-4-2-1-3-5-8)16(24)18(26)17(25)14(11)22-20(12)27/h6,8,11,13-14,16-18,21,23-26H,1-5,7H2,(H,22,27)/t11-,13+,14+,16-,17-,18+/m0/s1. The molecule has 0 radical (unpaired) electrons. The highest BCUT2D eigenvalue weighted by molar-refractivity contribution is 6.01. The Bertz CT molecular complexity index is 826. The van der Waals surface area contributed by atoms with Crippen molar-refractivity contribution in [1.29, 1.82) is 0 Å². The van der Waals surface area contributed by atoms with E-state index in [0.717, 1.165) is 25.7 Å². The summed E-state index contributed by atoms with van der Waals surface area (Å²) in [7, 11) is 0. The van der Waals surface area contributed by atoms with Crippen LogP contribution in [0.1, 0.15) is 53.9 Å². The van der Waals surface area contributed by atoms with Crippen LogP contribution in [0.2, 0.25) is 0 Å². The van der Waals surface area contributed by atoms with Gasteiger partial charge in [-0.25, -0.2) is 0 Å². The molecular weight excluding hydrogens is 380 g/mol. The van der Waals surface area contributed by atoms with Gasteiger partial charge in [0, 0.05) is 18.0 Å². The van der Waals surface area contributed by atoms with E-state index in [1.807, 2.05) is 0 Å². The summed E-state index contributed by atoms with van der Waals surface area (Å²) < 4.78 is 10.7.